The van der Waals surface area contributed by atoms with Crippen LogP contribution in [0.5, 0.6) is 0 Å². The number of alkyl halides is 3. The maximum Gasteiger partial charge on any atom is 0.416 e. The van der Waals surface area contributed by atoms with Crippen molar-refractivity contribution in [3.8, 4) is 0 Å². The van der Waals surface area contributed by atoms with Crippen molar-refractivity contribution in [2.45, 2.75) is 32.1 Å². The second-order valence-corrected chi connectivity index (χ2v) is 6.96. The molecule has 27 heavy (non-hydrogen) atoms. The molecule has 0 fully saturated rings. The third kappa shape index (κ3) is 2.63. The highest BCUT2D eigenvalue weighted by Crippen LogP contribution is 2.43. The van der Waals surface area contributed by atoms with Crippen molar-refractivity contribution in [1.82, 2.24) is 4.98 Å². The lowest BCUT2D eigenvalue weighted by Gasteiger charge is -2.30. The first kappa shape index (κ1) is 17.4. The van der Waals surface area contributed by atoms with Crippen LogP contribution in [0.1, 0.15) is 40.9 Å². The highest BCUT2D eigenvalue weighted by molar-refractivity contribution is 5.90. The van der Waals surface area contributed by atoms with Crippen LogP contribution in [0.15, 0.2) is 40.8 Å². The van der Waals surface area contributed by atoms with E-state index in [9.17, 15) is 23.1 Å². The fourth-order valence-corrected chi connectivity index (χ4v) is 3.55. The molecule has 0 saturated heterocycles. The molecular formula is C19H15F3N2O3. The second kappa shape index (κ2) is 5.48. The molecular weight excluding hydrogens is 361 g/mol. The zero-order valence-electron chi connectivity index (χ0n) is 14.5. The molecule has 140 valence electrons. The van der Waals surface area contributed by atoms with Gasteiger partial charge in [0.2, 0.25) is 0 Å². The average Bonchev–Trinajstić information content (AvgIpc) is 3.11. The quantitative estimate of drug-likeness (QED) is 0.696. The van der Waals surface area contributed by atoms with Gasteiger partial charge < -0.3 is 14.4 Å². The summed E-state index contributed by atoms with van der Waals surface area (Å²) < 4.78 is 44.5. The summed E-state index contributed by atoms with van der Waals surface area (Å²) in [6, 6.07) is 8.34. The molecule has 8 heteroatoms. The molecule has 1 aliphatic heterocycles. The molecule has 5 nitrogen and oxygen atoms in total. The molecule has 0 amide bonds. The van der Waals surface area contributed by atoms with Gasteiger partial charge in [-0.2, -0.15) is 18.2 Å². The Bertz CT molecular complexity index is 1070. The van der Waals surface area contributed by atoms with Crippen molar-refractivity contribution in [1.29, 1.82) is 0 Å². The van der Waals surface area contributed by atoms with Gasteiger partial charge in [-0.1, -0.05) is 12.1 Å². The van der Waals surface area contributed by atoms with E-state index in [1.165, 1.54) is 12.1 Å². The average molecular weight is 376 g/mol. The number of anilines is 1. The number of oxazole rings is 1. The summed E-state index contributed by atoms with van der Waals surface area (Å²) in [5.41, 5.74) is 0.571. The molecule has 0 bridgehead atoms. The molecule has 0 aliphatic carbocycles. The van der Waals surface area contributed by atoms with Crippen molar-refractivity contribution in [3.63, 3.8) is 0 Å². The summed E-state index contributed by atoms with van der Waals surface area (Å²) in [7, 11) is 0. The van der Waals surface area contributed by atoms with E-state index in [1.54, 1.807) is 11.0 Å². The Balaban J connectivity index is 1.80. The first-order valence-corrected chi connectivity index (χ1v) is 8.20. The SMILES string of the molecule is CC1(C)c2cccc(C(=O)O)c2CN1c1nc2cc(C(F)(F)F)ccc2o1. The fraction of sp³-hybridized carbons (Fsp3) is 0.263. The summed E-state index contributed by atoms with van der Waals surface area (Å²) in [4.78, 5) is 17.5. The summed E-state index contributed by atoms with van der Waals surface area (Å²) in [6.45, 7) is 4.02. The first-order valence-electron chi connectivity index (χ1n) is 8.20. The number of halogens is 3. The molecule has 1 aliphatic rings. The van der Waals surface area contributed by atoms with Gasteiger partial charge in [0.1, 0.15) is 5.52 Å². The van der Waals surface area contributed by atoms with Gasteiger partial charge in [-0.25, -0.2) is 4.79 Å². The van der Waals surface area contributed by atoms with E-state index in [0.29, 0.717) is 5.56 Å². The van der Waals surface area contributed by atoms with Crippen LogP contribution in [0.3, 0.4) is 0 Å². The molecule has 0 saturated carbocycles. The van der Waals surface area contributed by atoms with Gasteiger partial charge >= 0.3 is 12.1 Å². The Labute approximate surface area is 152 Å². The van der Waals surface area contributed by atoms with E-state index in [0.717, 1.165) is 17.7 Å². The third-order valence-corrected chi connectivity index (χ3v) is 4.99. The normalized spacial score (nSPS) is 16.0. The summed E-state index contributed by atoms with van der Waals surface area (Å²) in [6.07, 6.45) is -4.47. The Morgan fingerprint density at radius 2 is 2.00 bits per heavy atom. The lowest BCUT2D eigenvalue weighted by atomic mass is 9.92. The van der Waals surface area contributed by atoms with Gasteiger partial charge in [-0.05, 0) is 49.2 Å². The minimum atomic E-state index is -4.47. The predicted octanol–water partition coefficient (Wildman–Crippen LogP) is 4.80. The maximum absolute atomic E-state index is 12.9. The topological polar surface area (TPSA) is 66.6 Å². The zero-order chi connectivity index (χ0) is 19.6. The number of hydrogen-bond donors (Lipinski definition) is 1. The van der Waals surface area contributed by atoms with Crippen LogP contribution in [-0.2, 0) is 18.3 Å². The molecule has 0 radical (unpaired) electrons. The standard InChI is InChI=1S/C19H15F3N2O3/c1-18(2)13-5-3-4-11(16(25)26)12(13)9-24(18)17-23-14-8-10(19(20,21)22)6-7-15(14)27-17/h3-8H,9H2,1-2H3,(H,25,26). The molecule has 0 unspecified atom stereocenters. The van der Waals surface area contributed by atoms with Crippen LogP contribution in [0.2, 0.25) is 0 Å². The molecule has 1 aromatic heterocycles. The van der Waals surface area contributed by atoms with Crippen molar-refractivity contribution >= 4 is 23.1 Å². The van der Waals surface area contributed by atoms with E-state index < -0.39 is 23.2 Å². The number of carbonyl (C=O) groups is 1. The minimum absolute atomic E-state index is 0.102. The van der Waals surface area contributed by atoms with Crippen LogP contribution >= 0.6 is 0 Å². The van der Waals surface area contributed by atoms with E-state index in [1.807, 2.05) is 19.9 Å². The number of rotatable bonds is 2. The van der Waals surface area contributed by atoms with Crippen LogP contribution < -0.4 is 4.90 Å². The van der Waals surface area contributed by atoms with Gasteiger partial charge in [0.25, 0.3) is 6.01 Å². The van der Waals surface area contributed by atoms with Crippen LogP contribution in [0.25, 0.3) is 11.1 Å². The van der Waals surface area contributed by atoms with Crippen LogP contribution in [0.4, 0.5) is 19.2 Å². The first-order chi connectivity index (χ1) is 12.6. The molecule has 4 rings (SSSR count). The maximum atomic E-state index is 12.9. The van der Waals surface area contributed by atoms with E-state index in [2.05, 4.69) is 4.98 Å². The van der Waals surface area contributed by atoms with Gasteiger partial charge in [-0.3, -0.25) is 0 Å². The van der Waals surface area contributed by atoms with Crippen molar-refractivity contribution in [2.24, 2.45) is 0 Å². The van der Waals surface area contributed by atoms with Crippen molar-refractivity contribution in [3.05, 3.63) is 58.7 Å². The Hall–Kier alpha value is -3.03. The van der Waals surface area contributed by atoms with E-state index >= 15 is 0 Å². The lowest BCUT2D eigenvalue weighted by molar-refractivity contribution is -0.137. The van der Waals surface area contributed by atoms with Crippen molar-refractivity contribution in [2.75, 3.05) is 4.90 Å². The molecule has 2 heterocycles. The molecule has 2 aromatic carbocycles. The lowest BCUT2D eigenvalue weighted by Crippen LogP contribution is -2.35. The molecule has 1 N–H and O–H groups in total. The third-order valence-electron chi connectivity index (χ3n) is 4.99. The highest BCUT2D eigenvalue weighted by atomic mass is 19.4. The minimum Gasteiger partial charge on any atom is -0.478 e. The number of carboxylic acid groups (broad SMARTS) is 1. The molecule has 0 atom stereocenters. The number of aromatic nitrogens is 1. The fourth-order valence-electron chi connectivity index (χ4n) is 3.55. The van der Waals surface area contributed by atoms with Crippen LogP contribution in [0, 0.1) is 0 Å². The van der Waals surface area contributed by atoms with Gasteiger partial charge in [0.05, 0.1) is 16.7 Å². The van der Waals surface area contributed by atoms with Gasteiger partial charge in [0.15, 0.2) is 5.58 Å². The number of aromatic carboxylic acids is 1. The second-order valence-electron chi connectivity index (χ2n) is 6.96. The molecule has 3 aromatic rings. The number of hydrogen-bond acceptors (Lipinski definition) is 4. The Morgan fingerprint density at radius 3 is 2.67 bits per heavy atom. The Kier molecular flexibility index (Phi) is 3.53. The summed E-state index contributed by atoms with van der Waals surface area (Å²) in [5, 5.41) is 9.43. The predicted molar refractivity (Wildman–Crippen MR) is 91.6 cm³/mol. The van der Waals surface area contributed by atoms with Gasteiger partial charge in [0, 0.05) is 6.54 Å². The number of benzene rings is 2. The van der Waals surface area contributed by atoms with Crippen LogP contribution in [-0.4, -0.2) is 16.1 Å². The van der Waals surface area contributed by atoms with Crippen molar-refractivity contribution < 1.29 is 27.5 Å². The highest BCUT2D eigenvalue weighted by Gasteiger charge is 2.41. The number of carboxylic acids is 1. The zero-order valence-corrected chi connectivity index (χ0v) is 14.5. The largest absolute Gasteiger partial charge is 0.478 e. The summed E-state index contributed by atoms with van der Waals surface area (Å²) in [5.74, 6) is -1.03. The Morgan fingerprint density at radius 1 is 1.26 bits per heavy atom. The summed E-state index contributed by atoms with van der Waals surface area (Å²) >= 11 is 0. The number of nitrogens with zero attached hydrogens (tertiary/aromatic N) is 2. The number of fused-ring (bicyclic) bond motifs is 2. The smallest absolute Gasteiger partial charge is 0.416 e. The van der Waals surface area contributed by atoms with E-state index in [-0.39, 0.29) is 29.2 Å². The van der Waals surface area contributed by atoms with E-state index in [4.69, 9.17) is 4.42 Å². The molecule has 0 spiro atoms. The van der Waals surface area contributed by atoms with Gasteiger partial charge in [-0.15, -0.1) is 0 Å². The monoisotopic (exact) mass is 376 g/mol.